The van der Waals surface area contributed by atoms with E-state index in [1.165, 1.54) is 16.7 Å². The minimum absolute atomic E-state index is 0.146. The van der Waals surface area contributed by atoms with Crippen LogP contribution in [0.3, 0.4) is 0 Å². The van der Waals surface area contributed by atoms with Crippen molar-refractivity contribution in [1.82, 2.24) is 0 Å². The Kier molecular flexibility index (Phi) is 4.73. The zero-order valence-electron chi connectivity index (χ0n) is 12.6. The van der Waals surface area contributed by atoms with E-state index in [9.17, 15) is 4.79 Å². The standard InChI is InChI=1S/C19H22O/c1-4-14-12-15(5-2)17(6-3)18(13-14)19(20)16-10-8-7-9-11-16/h7-13H,4-6H2,1-3H3. The second kappa shape index (κ2) is 6.51. The third-order valence-corrected chi connectivity index (χ3v) is 3.83. The Balaban J connectivity index is 2.57. The second-order valence-electron chi connectivity index (χ2n) is 5.04. The highest BCUT2D eigenvalue weighted by molar-refractivity contribution is 6.10. The fourth-order valence-corrected chi connectivity index (χ4v) is 2.68. The van der Waals surface area contributed by atoms with E-state index in [1.54, 1.807) is 0 Å². The van der Waals surface area contributed by atoms with Crippen LogP contribution in [0.5, 0.6) is 0 Å². The summed E-state index contributed by atoms with van der Waals surface area (Å²) in [6, 6.07) is 13.9. The molecule has 0 aromatic heterocycles. The Labute approximate surface area is 121 Å². The van der Waals surface area contributed by atoms with E-state index >= 15 is 0 Å². The quantitative estimate of drug-likeness (QED) is 0.723. The molecule has 0 radical (unpaired) electrons. The van der Waals surface area contributed by atoms with Gasteiger partial charge in [0, 0.05) is 11.1 Å². The van der Waals surface area contributed by atoms with E-state index in [0.717, 1.165) is 30.4 Å². The molecule has 0 unspecified atom stereocenters. The molecule has 0 aliphatic rings. The predicted molar refractivity (Wildman–Crippen MR) is 84.5 cm³/mol. The molecule has 0 aliphatic heterocycles. The van der Waals surface area contributed by atoms with Crippen molar-refractivity contribution in [2.24, 2.45) is 0 Å². The molecule has 0 fully saturated rings. The van der Waals surface area contributed by atoms with Crippen LogP contribution in [-0.4, -0.2) is 5.78 Å². The molecule has 0 N–H and O–H groups in total. The van der Waals surface area contributed by atoms with Crippen LogP contribution in [0.1, 0.15) is 53.4 Å². The lowest BCUT2D eigenvalue weighted by Crippen LogP contribution is -2.09. The fraction of sp³-hybridized carbons (Fsp3) is 0.316. The molecule has 0 saturated carbocycles. The Morgan fingerprint density at radius 1 is 0.900 bits per heavy atom. The van der Waals surface area contributed by atoms with Crippen LogP contribution in [-0.2, 0) is 19.3 Å². The van der Waals surface area contributed by atoms with E-state index < -0.39 is 0 Å². The lowest BCUT2D eigenvalue weighted by Gasteiger charge is -2.14. The van der Waals surface area contributed by atoms with E-state index in [0.29, 0.717) is 0 Å². The van der Waals surface area contributed by atoms with E-state index in [4.69, 9.17) is 0 Å². The van der Waals surface area contributed by atoms with Crippen LogP contribution < -0.4 is 0 Å². The first-order chi connectivity index (χ1) is 9.71. The molecule has 0 saturated heterocycles. The highest BCUT2D eigenvalue weighted by atomic mass is 16.1. The molecule has 0 atom stereocenters. The molecular formula is C19H22O. The van der Waals surface area contributed by atoms with Crippen molar-refractivity contribution in [3.8, 4) is 0 Å². The Bertz CT molecular complexity index is 597. The van der Waals surface area contributed by atoms with Crippen LogP contribution >= 0.6 is 0 Å². The lowest BCUT2D eigenvalue weighted by atomic mass is 9.89. The topological polar surface area (TPSA) is 17.1 Å². The predicted octanol–water partition coefficient (Wildman–Crippen LogP) is 4.60. The third-order valence-electron chi connectivity index (χ3n) is 3.83. The van der Waals surface area contributed by atoms with Crippen molar-refractivity contribution in [3.05, 3.63) is 70.3 Å². The summed E-state index contributed by atoms with van der Waals surface area (Å²) in [7, 11) is 0. The van der Waals surface area contributed by atoms with Gasteiger partial charge in [0.05, 0.1) is 0 Å². The van der Waals surface area contributed by atoms with Crippen molar-refractivity contribution in [1.29, 1.82) is 0 Å². The molecule has 0 bridgehead atoms. The van der Waals surface area contributed by atoms with Gasteiger partial charge in [0.15, 0.2) is 5.78 Å². The smallest absolute Gasteiger partial charge is 0.193 e. The molecule has 1 nitrogen and oxygen atoms in total. The summed E-state index contributed by atoms with van der Waals surface area (Å²) in [6.45, 7) is 6.42. The van der Waals surface area contributed by atoms with Crippen LogP contribution in [0.4, 0.5) is 0 Å². The van der Waals surface area contributed by atoms with Crippen molar-refractivity contribution >= 4 is 5.78 Å². The number of aryl methyl sites for hydroxylation is 2. The second-order valence-corrected chi connectivity index (χ2v) is 5.04. The van der Waals surface area contributed by atoms with Gasteiger partial charge < -0.3 is 0 Å². The van der Waals surface area contributed by atoms with Gasteiger partial charge in [0.1, 0.15) is 0 Å². The van der Waals surface area contributed by atoms with E-state index in [1.807, 2.05) is 30.3 Å². The molecule has 0 aliphatic carbocycles. The minimum Gasteiger partial charge on any atom is -0.289 e. The third kappa shape index (κ3) is 2.82. The van der Waals surface area contributed by atoms with Gasteiger partial charge in [-0.15, -0.1) is 0 Å². The molecular weight excluding hydrogens is 244 g/mol. The van der Waals surface area contributed by atoms with Gasteiger partial charge in [0.25, 0.3) is 0 Å². The highest BCUT2D eigenvalue weighted by Gasteiger charge is 2.16. The first kappa shape index (κ1) is 14.5. The molecule has 2 aromatic rings. The van der Waals surface area contributed by atoms with Gasteiger partial charge in [-0.2, -0.15) is 0 Å². The zero-order chi connectivity index (χ0) is 14.5. The maximum Gasteiger partial charge on any atom is 0.193 e. The summed E-state index contributed by atoms with van der Waals surface area (Å²) in [5, 5.41) is 0. The van der Waals surface area contributed by atoms with Crippen LogP contribution in [0.2, 0.25) is 0 Å². The number of ketones is 1. The molecule has 1 heteroatoms. The SMILES string of the molecule is CCc1cc(CC)c(CC)c(C(=O)c2ccccc2)c1. The summed E-state index contributed by atoms with van der Waals surface area (Å²) in [4.78, 5) is 12.8. The maximum atomic E-state index is 12.8. The van der Waals surface area contributed by atoms with Crippen LogP contribution in [0.25, 0.3) is 0 Å². The van der Waals surface area contributed by atoms with Crippen molar-refractivity contribution in [2.75, 3.05) is 0 Å². The van der Waals surface area contributed by atoms with Gasteiger partial charge in [-0.25, -0.2) is 0 Å². The van der Waals surface area contributed by atoms with Gasteiger partial charge in [-0.3, -0.25) is 4.79 Å². The van der Waals surface area contributed by atoms with Gasteiger partial charge in [-0.05, 0) is 42.0 Å². The number of hydrogen-bond donors (Lipinski definition) is 0. The average molecular weight is 266 g/mol. The average Bonchev–Trinajstić information content (AvgIpc) is 2.53. The number of carbonyl (C=O) groups is 1. The minimum atomic E-state index is 0.146. The summed E-state index contributed by atoms with van der Waals surface area (Å²) in [6.07, 6.45) is 2.85. The number of hydrogen-bond acceptors (Lipinski definition) is 1. The van der Waals surface area contributed by atoms with Gasteiger partial charge in [0.2, 0.25) is 0 Å². The molecule has 0 amide bonds. The van der Waals surface area contributed by atoms with Gasteiger partial charge >= 0.3 is 0 Å². The summed E-state index contributed by atoms with van der Waals surface area (Å²) < 4.78 is 0. The normalized spacial score (nSPS) is 10.6. The highest BCUT2D eigenvalue weighted by Crippen LogP contribution is 2.23. The number of carbonyl (C=O) groups excluding carboxylic acids is 1. The largest absolute Gasteiger partial charge is 0.289 e. The Morgan fingerprint density at radius 3 is 2.15 bits per heavy atom. The molecule has 104 valence electrons. The van der Waals surface area contributed by atoms with E-state index in [2.05, 4.69) is 32.9 Å². The maximum absolute atomic E-state index is 12.8. The number of benzene rings is 2. The van der Waals surface area contributed by atoms with Crippen molar-refractivity contribution < 1.29 is 4.79 Å². The summed E-state index contributed by atoms with van der Waals surface area (Å²) >= 11 is 0. The summed E-state index contributed by atoms with van der Waals surface area (Å²) in [5.41, 5.74) is 5.43. The van der Waals surface area contributed by atoms with Crippen LogP contribution in [0.15, 0.2) is 42.5 Å². The van der Waals surface area contributed by atoms with Gasteiger partial charge in [-0.1, -0.05) is 57.2 Å². The Morgan fingerprint density at radius 2 is 1.60 bits per heavy atom. The first-order valence-corrected chi connectivity index (χ1v) is 7.45. The molecule has 2 aromatic carbocycles. The first-order valence-electron chi connectivity index (χ1n) is 7.45. The Hall–Kier alpha value is -1.89. The van der Waals surface area contributed by atoms with E-state index in [-0.39, 0.29) is 5.78 Å². The molecule has 0 heterocycles. The molecule has 2 rings (SSSR count). The van der Waals surface area contributed by atoms with Crippen molar-refractivity contribution in [3.63, 3.8) is 0 Å². The van der Waals surface area contributed by atoms with Crippen molar-refractivity contribution in [2.45, 2.75) is 40.0 Å². The molecule has 0 spiro atoms. The van der Waals surface area contributed by atoms with Crippen LogP contribution in [0, 0.1) is 0 Å². The summed E-state index contributed by atoms with van der Waals surface area (Å²) in [5.74, 6) is 0.146. The molecule has 20 heavy (non-hydrogen) atoms. The number of rotatable bonds is 5. The monoisotopic (exact) mass is 266 g/mol. The fourth-order valence-electron chi connectivity index (χ4n) is 2.68. The zero-order valence-corrected chi connectivity index (χ0v) is 12.6. The lowest BCUT2D eigenvalue weighted by molar-refractivity contribution is 0.103.